The third-order valence-corrected chi connectivity index (χ3v) is 8.30. The van der Waals surface area contributed by atoms with Crippen molar-refractivity contribution in [3.63, 3.8) is 0 Å². The van der Waals surface area contributed by atoms with E-state index >= 15 is 0 Å². The first-order chi connectivity index (χ1) is 20.0. The van der Waals surface area contributed by atoms with Gasteiger partial charge >= 0.3 is 12.5 Å². The molecule has 234 valence electrons. The van der Waals surface area contributed by atoms with E-state index in [4.69, 9.17) is 22.1 Å². The molecule has 1 amide bonds. The van der Waals surface area contributed by atoms with E-state index in [2.05, 4.69) is 9.72 Å². The summed E-state index contributed by atoms with van der Waals surface area (Å²) in [6.45, 7) is 8.53. The minimum atomic E-state index is -5.00. The minimum absolute atomic E-state index is 0.123. The number of aromatic nitrogens is 2. The SMILES string of the molecule is CCS(=O)c1ccc(Cl)cc1Cn1c(N)nc2c(CN3CCN(C(=O)OC(C)(C)C)CC3)cc(OC(F)(F)F)cc2c1=O. The van der Waals surface area contributed by atoms with Crippen LogP contribution in [0.5, 0.6) is 5.75 Å². The number of benzene rings is 2. The van der Waals surface area contributed by atoms with Crippen LogP contribution in [0.2, 0.25) is 5.02 Å². The predicted molar refractivity (Wildman–Crippen MR) is 158 cm³/mol. The molecule has 1 atom stereocenters. The van der Waals surface area contributed by atoms with Gasteiger partial charge in [-0.1, -0.05) is 18.5 Å². The van der Waals surface area contributed by atoms with Gasteiger partial charge in [0.2, 0.25) is 5.95 Å². The highest BCUT2D eigenvalue weighted by molar-refractivity contribution is 7.85. The van der Waals surface area contributed by atoms with Crippen LogP contribution in [0.15, 0.2) is 40.0 Å². The Bertz CT molecular complexity index is 1600. The monoisotopic (exact) mass is 643 g/mol. The van der Waals surface area contributed by atoms with Crippen molar-refractivity contribution in [1.82, 2.24) is 19.4 Å². The molecular formula is C28H33ClF3N5O5S. The maximum absolute atomic E-state index is 13.7. The van der Waals surface area contributed by atoms with Crippen LogP contribution in [0.3, 0.4) is 0 Å². The second-order valence-corrected chi connectivity index (χ2v) is 13.2. The number of anilines is 1. The summed E-state index contributed by atoms with van der Waals surface area (Å²) >= 11 is 6.17. The summed E-state index contributed by atoms with van der Waals surface area (Å²) in [6.07, 6.45) is -5.44. The van der Waals surface area contributed by atoms with Crippen molar-refractivity contribution in [2.24, 2.45) is 0 Å². The molecule has 1 aliphatic heterocycles. The fourth-order valence-corrected chi connectivity index (χ4v) is 5.87. The first-order valence-corrected chi connectivity index (χ1v) is 15.2. The summed E-state index contributed by atoms with van der Waals surface area (Å²) in [5.74, 6) is -0.429. The number of hydrogen-bond acceptors (Lipinski definition) is 8. The first kappa shape index (κ1) is 32.6. The lowest BCUT2D eigenvalue weighted by molar-refractivity contribution is -0.274. The van der Waals surface area contributed by atoms with E-state index < -0.39 is 40.2 Å². The highest BCUT2D eigenvalue weighted by Gasteiger charge is 2.32. The number of nitrogen functional groups attached to an aromatic ring is 1. The number of ether oxygens (including phenoxy) is 2. The summed E-state index contributed by atoms with van der Waals surface area (Å²) in [7, 11) is -1.38. The number of carbonyl (C=O) groups is 1. The van der Waals surface area contributed by atoms with E-state index in [-0.39, 0.29) is 29.9 Å². The summed E-state index contributed by atoms with van der Waals surface area (Å²) in [4.78, 5) is 34.5. The number of fused-ring (bicyclic) bond motifs is 1. The molecule has 1 aliphatic rings. The van der Waals surface area contributed by atoms with Gasteiger partial charge in [0, 0.05) is 48.4 Å². The molecule has 15 heteroatoms. The van der Waals surface area contributed by atoms with Crippen LogP contribution in [0, 0.1) is 0 Å². The molecular weight excluding hydrogens is 611 g/mol. The summed E-state index contributed by atoms with van der Waals surface area (Å²) in [5, 5.41) is 0.223. The van der Waals surface area contributed by atoms with E-state index in [1.165, 1.54) is 6.07 Å². The van der Waals surface area contributed by atoms with Gasteiger partial charge in [-0.15, -0.1) is 13.2 Å². The van der Waals surface area contributed by atoms with Crippen LogP contribution >= 0.6 is 11.6 Å². The minimum Gasteiger partial charge on any atom is -0.444 e. The third-order valence-electron chi connectivity index (χ3n) is 6.65. The Balaban J connectivity index is 1.70. The van der Waals surface area contributed by atoms with Crippen molar-refractivity contribution in [2.45, 2.75) is 57.6 Å². The number of nitrogens with zero attached hydrogens (tertiary/aromatic N) is 4. The Hall–Kier alpha value is -3.36. The average Bonchev–Trinajstić information content (AvgIpc) is 2.90. The zero-order chi connectivity index (χ0) is 31.7. The van der Waals surface area contributed by atoms with Gasteiger partial charge in [0.25, 0.3) is 5.56 Å². The molecule has 0 radical (unpaired) electrons. The van der Waals surface area contributed by atoms with Crippen molar-refractivity contribution in [1.29, 1.82) is 0 Å². The van der Waals surface area contributed by atoms with Gasteiger partial charge in [0.1, 0.15) is 11.4 Å². The molecule has 10 nitrogen and oxygen atoms in total. The summed E-state index contributed by atoms with van der Waals surface area (Å²) in [5.41, 5.74) is 5.79. The molecule has 2 N–H and O–H groups in total. The van der Waals surface area contributed by atoms with Crippen molar-refractivity contribution in [2.75, 3.05) is 37.7 Å². The maximum atomic E-state index is 13.7. The molecule has 0 aliphatic carbocycles. The molecule has 2 heterocycles. The van der Waals surface area contributed by atoms with Gasteiger partial charge in [-0.05, 0) is 62.2 Å². The lowest BCUT2D eigenvalue weighted by atomic mass is 10.1. The van der Waals surface area contributed by atoms with Crippen LogP contribution in [-0.4, -0.2) is 73.5 Å². The van der Waals surface area contributed by atoms with Crippen LogP contribution < -0.4 is 16.0 Å². The second kappa shape index (κ2) is 12.7. The number of nitrogens with two attached hydrogens (primary N) is 1. The number of piperazine rings is 1. The van der Waals surface area contributed by atoms with Gasteiger partial charge in [0.15, 0.2) is 0 Å². The topological polar surface area (TPSA) is 120 Å². The van der Waals surface area contributed by atoms with Gasteiger partial charge in [0.05, 0.1) is 28.2 Å². The smallest absolute Gasteiger partial charge is 0.444 e. The Morgan fingerprint density at radius 1 is 1.07 bits per heavy atom. The van der Waals surface area contributed by atoms with Gasteiger partial charge in [-0.2, -0.15) is 0 Å². The zero-order valence-corrected chi connectivity index (χ0v) is 25.7. The number of rotatable bonds is 7. The highest BCUT2D eigenvalue weighted by Crippen LogP contribution is 2.30. The van der Waals surface area contributed by atoms with Crippen LogP contribution in [0.4, 0.5) is 23.9 Å². The molecule has 1 saturated heterocycles. The Morgan fingerprint density at radius 2 is 1.74 bits per heavy atom. The van der Waals surface area contributed by atoms with E-state index in [9.17, 15) is 27.0 Å². The third kappa shape index (κ3) is 8.18. The van der Waals surface area contributed by atoms with E-state index in [0.717, 1.165) is 10.6 Å². The van der Waals surface area contributed by atoms with E-state index in [1.54, 1.807) is 50.8 Å². The molecule has 2 aromatic carbocycles. The van der Waals surface area contributed by atoms with Crippen molar-refractivity contribution < 1.29 is 31.6 Å². The quantitative estimate of drug-likeness (QED) is 0.392. The maximum Gasteiger partial charge on any atom is 0.573 e. The van der Waals surface area contributed by atoms with E-state index in [1.807, 2.05) is 4.90 Å². The molecule has 0 spiro atoms. The predicted octanol–water partition coefficient (Wildman–Crippen LogP) is 4.76. The highest BCUT2D eigenvalue weighted by atomic mass is 35.5. The number of alkyl halides is 3. The van der Waals surface area contributed by atoms with Gasteiger partial charge in [-0.3, -0.25) is 18.5 Å². The largest absolute Gasteiger partial charge is 0.573 e. The standard InChI is InChI=1S/C28H33ClF3N5O5S/c1-5-43(40)22-7-6-19(29)12-17(22)16-37-24(38)21-14-20(41-28(30,31)32)13-18(23(21)34-25(37)33)15-35-8-10-36(11-9-35)26(39)42-27(2,3)4/h6-7,12-14H,5,8-11,15-16H2,1-4H3,(H2,33,34). The number of halogens is 4. The molecule has 3 aromatic rings. The molecule has 1 fully saturated rings. The first-order valence-electron chi connectivity index (χ1n) is 13.5. The van der Waals surface area contributed by atoms with Gasteiger partial charge in [-0.25, -0.2) is 9.78 Å². The Morgan fingerprint density at radius 3 is 2.35 bits per heavy atom. The van der Waals surface area contributed by atoms with Crippen LogP contribution in [-0.2, 0) is 28.6 Å². The van der Waals surface area contributed by atoms with Crippen LogP contribution in [0.1, 0.15) is 38.8 Å². The molecule has 1 aromatic heterocycles. The summed E-state index contributed by atoms with van der Waals surface area (Å²) in [6, 6.07) is 6.92. The Kier molecular flexibility index (Phi) is 9.62. The average molecular weight is 644 g/mol. The van der Waals surface area contributed by atoms with Crippen LogP contribution in [0.25, 0.3) is 10.9 Å². The van der Waals surface area contributed by atoms with E-state index in [0.29, 0.717) is 53.0 Å². The fraction of sp³-hybridized carbons (Fsp3) is 0.464. The molecule has 43 heavy (non-hydrogen) atoms. The molecule has 0 bridgehead atoms. The van der Waals surface area contributed by atoms with Crippen molar-refractivity contribution >= 4 is 45.3 Å². The zero-order valence-electron chi connectivity index (χ0n) is 24.2. The second-order valence-electron chi connectivity index (χ2n) is 11.0. The number of hydrogen-bond donors (Lipinski definition) is 1. The molecule has 4 rings (SSSR count). The normalized spacial score (nSPS) is 15.5. The Labute approximate surface area is 254 Å². The molecule has 1 unspecified atom stereocenters. The number of amides is 1. The summed E-state index contributed by atoms with van der Waals surface area (Å²) < 4.78 is 63.1. The fourth-order valence-electron chi connectivity index (χ4n) is 4.73. The number of carbonyl (C=O) groups excluding carboxylic acids is 1. The lowest BCUT2D eigenvalue weighted by Gasteiger charge is -2.35. The molecule has 0 saturated carbocycles. The van der Waals surface area contributed by atoms with Crippen molar-refractivity contribution in [3.05, 3.63) is 56.8 Å². The van der Waals surface area contributed by atoms with Crippen molar-refractivity contribution in [3.8, 4) is 5.75 Å². The van der Waals surface area contributed by atoms with Gasteiger partial charge < -0.3 is 20.1 Å². The lowest BCUT2D eigenvalue weighted by Crippen LogP contribution is -2.49.